The van der Waals surface area contributed by atoms with E-state index in [9.17, 15) is 0 Å². The van der Waals surface area contributed by atoms with Crippen LogP contribution in [0, 0.1) is 6.92 Å². The summed E-state index contributed by atoms with van der Waals surface area (Å²) in [5.41, 5.74) is 3.71. The molecule has 2 N–H and O–H groups in total. The SMILES string of the molecule is COc1ccc(NC(=S)NCCSCc2ccccc2C)cc1. The summed E-state index contributed by atoms with van der Waals surface area (Å²) in [5, 5.41) is 7.04. The molecule has 122 valence electrons. The number of hydrogen-bond donors (Lipinski definition) is 2. The summed E-state index contributed by atoms with van der Waals surface area (Å²) in [4.78, 5) is 0. The Kier molecular flexibility index (Phi) is 7.23. The van der Waals surface area contributed by atoms with Crippen molar-refractivity contribution in [2.24, 2.45) is 0 Å². The Morgan fingerprint density at radius 1 is 1.13 bits per heavy atom. The topological polar surface area (TPSA) is 33.3 Å². The van der Waals surface area contributed by atoms with Crippen molar-refractivity contribution in [1.29, 1.82) is 0 Å². The number of aryl methyl sites for hydroxylation is 1. The van der Waals surface area contributed by atoms with E-state index < -0.39 is 0 Å². The molecule has 0 amide bonds. The van der Waals surface area contributed by atoms with Gasteiger partial charge in [0.05, 0.1) is 7.11 Å². The summed E-state index contributed by atoms with van der Waals surface area (Å²) in [6.07, 6.45) is 0. The summed E-state index contributed by atoms with van der Waals surface area (Å²) in [5.74, 6) is 2.88. The van der Waals surface area contributed by atoms with Gasteiger partial charge in [-0.1, -0.05) is 24.3 Å². The van der Waals surface area contributed by atoms with Crippen LogP contribution in [0.2, 0.25) is 0 Å². The molecule has 2 aromatic carbocycles. The molecule has 0 unspecified atom stereocenters. The summed E-state index contributed by atoms with van der Waals surface area (Å²) < 4.78 is 5.13. The van der Waals surface area contributed by atoms with Gasteiger partial charge in [-0.2, -0.15) is 11.8 Å². The molecule has 2 aromatic rings. The first-order valence-corrected chi connectivity index (χ1v) is 9.06. The zero-order chi connectivity index (χ0) is 16.5. The maximum atomic E-state index is 5.30. The molecule has 0 aromatic heterocycles. The zero-order valence-electron chi connectivity index (χ0n) is 13.5. The quantitative estimate of drug-likeness (QED) is 0.579. The normalized spacial score (nSPS) is 10.2. The highest BCUT2D eigenvalue weighted by Gasteiger charge is 2.00. The Bertz CT molecular complexity index is 629. The van der Waals surface area contributed by atoms with Crippen molar-refractivity contribution in [3.05, 3.63) is 59.7 Å². The molecular formula is C18H22N2OS2. The summed E-state index contributed by atoms with van der Waals surface area (Å²) in [6, 6.07) is 16.2. The van der Waals surface area contributed by atoms with Gasteiger partial charge in [0.1, 0.15) is 5.75 Å². The molecule has 0 heterocycles. The average molecular weight is 347 g/mol. The molecule has 0 aliphatic rings. The van der Waals surface area contributed by atoms with Crippen molar-refractivity contribution >= 4 is 34.8 Å². The lowest BCUT2D eigenvalue weighted by Gasteiger charge is -2.11. The lowest BCUT2D eigenvalue weighted by Crippen LogP contribution is -2.30. The van der Waals surface area contributed by atoms with E-state index in [0.717, 1.165) is 29.5 Å². The van der Waals surface area contributed by atoms with Gasteiger partial charge in [0.25, 0.3) is 0 Å². The van der Waals surface area contributed by atoms with Crippen LogP contribution in [0.15, 0.2) is 48.5 Å². The van der Waals surface area contributed by atoms with Crippen LogP contribution in [0.5, 0.6) is 5.75 Å². The van der Waals surface area contributed by atoms with Crippen LogP contribution in [0.3, 0.4) is 0 Å². The Morgan fingerprint density at radius 3 is 2.57 bits per heavy atom. The molecule has 5 heteroatoms. The van der Waals surface area contributed by atoms with Gasteiger partial charge in [-0.25, -0.2) is 0 Å². The number of nitrogens with one attached hydrogen (secondary N) is 2. The van der Waals surface area contributed by atoms with Gasteiger partial charge in [-0.15, -0.1) is 0 Å². The van der Waals surface area contributed by atoms with Crippen LogP contribution in [0.25, 0.3) is 0 Å². The predicted octanol–water partition coefficient (Wildman–Crippen LogP) is 4.22. The third kappa shape index (κ3) is 6.12. The Morgan fingerprint density at radius 2 is 1.87 bits per heavy atom. The van der Waals surface area contributed by atoms with E-state index in [4.69, 9.17) is 17.0 Å². The molecule has 0 aliphatic heterocycles. The molecule has 0 radical (unpaired) electrons. The van der Waals surface area contributed by atoms with Gasteiger partial charge >= 0.3 is 0 Å². The first-order chi connectivity index (χ1) is 11.2. The van der Waals surface area contributed by atoms with Crippen molar-refractivity contribution < 1.29 is 4.74 Å². The molecule has 0 bridgehead atoms. The standard InChI is InChI=1S/C18H22N2OS2/c1-14-5-3-4-6-15(14)13-23-12-11-19-18(22)20-16-7-9-17(21-2)10-8-16/h3-10H,11-13H2,1-2H3,(H2,19,20,22). The Labute approximate surface area is 147 Å². The Hall–Kier alpha value is -1.72. The minimum absolute atomic E-state index is 0.645. The number of thiocarbonyl (C=S) groups is 1. The third-order valence-electron chi connectivity index (χ3n) is 3.40. The van der Waals surface area contributed by atoms with Crippen LogP contribution < -0.4 is 15.4 Å². The molecule has 23 heavy (non-hydrogen) atoms. The fraction of sp³-hybridized carbons (Fsp3) is 0.278. The van der Waals surface area contributed by atoms with Gasteiger partial charge in [-0.3, -0.25) is 0 Å². The summed E-state index contributed by atoms with van der Waals surface area (Å²) >= 11 is 7.21. The molecule has 0 atom stereocenters. The molecule has 2 rings (SSSR count). The van der Waals surface area contributed by atoms with Gasteiger partial charge in [0.15, 0.2) is 5.11 Å². The molecular weight excluding hydrogens is 324 g/mol. The fourth-order valence-electron chi connectivity index (χ4n) is 2.04. The predicted molar refractivity (Wildman–Crippen MR) is 105 cm³/mol. The molecule has 3 nitrogen and oxygen atoms in total. The maximum Gasteiger partial charge on any atom is 0.170 e. The lowest BCUT2D eigenvalue weighted by molar-refractivity contribution is 0.415. The number of benzene rings is 2. The minimum Gasteiger partial charge on any atom is -0.497 e. The molecule has 0 saturated carbocycles. The second-order valence-corrected chi connectivity index (χ2v) is 6.60. The highest BCUT2D eigenvalue weighted by Crippen LogP contribution is 2.16. The molecule has 0 spiro atoms. The van der Waals surface area contributed by atoms with Crippen LogP contribution in [0.4, 0.5) is 5.69 Å². The number of methoxy groups -OCH3 is 1. The van der Waals surface area contributed by atoms with E-state index in [0.29, 0.717) is 5.11 Å². The monoisotopic (exact) mass is 346 g/mol. The summed E-state index contributed by atoms with van der Waals surface area (Å²) in [6.45, 7) is 3.00. The van der Waals surface area contributed by atoms with Crippen molar-refractivity contribution in [1.82, 2.24) is 5.32 Å². The highest BCUT2D eigenvalue weighted by molar-refractivity contribution is 7.98. The molecule has 0 aliphatic carbocycles. The smallest absolute Gasteiger partial charge is 0.170 e. The van der Waals surface area contributed by atoms with Gasteiger partial charge in [-0.05, 0) is 54.5 Å². The molecule has 0 saturated heterocycles. The minimum atomic E-state index is 0.645. The van der Waals surface area contributed by atoms with Gasteiger partial charge in [0.2, 0.25) is 0 Å². The Balaban J connectivity index is 1.64. The van der Waals surface area contributed by atoms with Crippen molar-refractivity contribution in [2.75, 3.05) is 24.7 Å². The van der Waals surface area contributed by atoms with Crippen molar-refractivity contribution in [3.8, 4) is 5.75 Å². The number of ether oxygens (including phenoxy) is 1. The van der Waals surface area contributed by atoms with E-state index in [1.807, 2.05) is 36.0 Å². The number of rotatable bonds is 7. The van der Waals surface area contributed by atoms with Crippen LogP contribution in [0.1, 0.15) is 11.1 Å². The fourth-order valence-corrected chi connectivity index (χ4v) is 3.19. The van der Waals surface area contributed by atoms with E-state index in [-0.39, 0.29) is 0 Å². The number of anilines is 1. The van der Waals surface area contributed by atoms with Crippen LogP contribution >= 0.6 is 24.0 Å². The van der Waals surface area contributed by atoms with Crippen molar-refractivity contribution in [2.45, 2.75) is 12.7 Å². The largest absolute Gasteiger partial charge is 0.497 e. The van der Waals surface area contributed by atoms with Crippen molar-refractivity contribution in [3.63, 3.8) is 0 Å². The first-order valence-electron chi connectivity index (χ1n) is 7.50. The van der Waals surface area contributed by atoms with E-state index in [1.165, 1.54) is 11.1 Å². The van der Waals surface area contributed by atoms with E-state index in [1.54, 1.807) is 7.11 Å². The van der Waals surface area contributed by atoms with E-state index >= 15 is 0 Å². The maximum absolute atomic E-state index is 5.30. The van der Waals surface area contributed by atoms with Crippen LogP contribution in [-0.2, 0) is 5.75 Å². The number of hydrogen-bond acceptors (Lipinski definition) is 3. The average Bonchev–Trinajstić information content (AvgIpc) is 2.57. The summed E-state index contributed by atoms with van der Waals surface area (Å²) in [7, 11) is 1.66. The lowest BCUT2D eigenvalue weighted by atomic mass is 10.1. The number of thioether (sulfide) groups is 1. The second-order valence-electron chi connectivity index (χ2n) is 5.09. The van der Waals surface area contributed by atoms with Gasteiger partial charge < -0.3 is 15.4 Å². The second kappa shape index (κ2) is 9.43. The van der Waals surface area contributed by atoms with Crippen LogP contribution in [-0.4, -0.2) is 24.5 Å². The highest BCUT2D eigenvalue weighted by atomic mass is 32.2. The van der Waals surface area contributed by atoms with Gasteiger partial charge in [0, 0.05) is 23.7 Å². The third-order valence-corrected chi connectivity index (χ3v) is 4.65. The van der Waals surface area contributed by atoms with E-state index in [2.05, 4.69) is 41.8 Å². The molecule has 0 fully saturated rings. The zero-order valence-corrected chi connectivity index (χ0v) is 15.1. The first kappa shape index (κ1) is 17.6.